The van der Waals surface area contributed by atoms with Crippen LogP contribution in [0.25, 0.3) is 10.8 Å². The molecule has 0 aliphatic rings. The normalized spacial score (nSPS) is 10.4. The van der Waals surface area contributed by atoms with Gasteiger partial charge in [-0.25, -0.2) is 4.79 Å². The van der Waals surface area contributed by atoms with Crippen LogP contribution in [0.1, 0.15) is 5.56 Å². The van der Waals surface area contributed by atoms with Crippen LogP contribution in [0.4, 0.5) is 0 Å². The standard InChI is InChI=1S/C18H20O4/c1-3-17(19)21-12-10-20-11-13-22-18-14(2)8-9-15-6-4-5-7-16(15)18/h3-9H,1,10-13H2,2H3. The Kier molecular flexibility index (Phi) is 5.98. The van der Waals surface area contributed by atoms with Gasteiger partial charge in [-0.2, -0.15) is 0 Å². The van der Waals surface area contributed by atoms with Gasteiger partial charge in [-0.1, -0.05) is 43.0 Å². The second-order valence-electron chi connectivity index (χ2n) is 4.77. The Morgan fingerprint density at radius 2 is 1.86 bits per heavy atom. The van der Waals surface area contributed by atoms with E-state index < -0.39 is 5.97 Å². The minimum absolute atomic E-state index is 0.220. The molecule has 0 saturated heterocycles. The average molecular weight is 300 g/mol. The second kappa shape index (κ2) is 8.20. The molecule has 0 aliphatic heterocycles. The summed E-state index contributed by atoms with van der Waals surface area (Å²) in [5, 5.41) is 2.25. The molecule has 0 amide bonds. The fourth-order valence-electron chi connectivity index (χ4n) is 2.11. The predicted octanol–water partition coefficient (Wildman–Crippen LogP) is 3.27. The van der Waals surface area contributed by atoms with Crippen molar-refractivity contribution in [1.29, 1.82) is 0 Å². The Bertz CT molecular complexity index is 649. The van der Waals surface area contributed by atoms with E-state index in [-0.39, 0.29) is 6.61 Å². The van der Waals surface area contributed by atoms with Gasteiger partial charge in [0.2, 0.25) is 0 Å². The average Bonchev–Trinajstić information content (AvgIpc) is 2.55. The van der Waals surface area contributed by atoms with Crippen LogP contribution in [0, 0.1) is 6.92 Å². The van der Waals surface area contributed by atoms with Crippen molar-refractivity contribution in [3.8, 4) is 5.75 Å². The number of rotatable bonds is 8. The molecule has 0 radical (unpaired) electrons. The molecule has 4 nitrogen and oxygen atoms in total. The highest BCUT2D eigenvalue weighted by atomic mass is 16.6. The topological polar surface area (TPSA) is 44.8 Å². The van der Waals surface area contributed by atoms with Crippen molar-refractivity contribution >= 4 is 16.7 Å². The Hall–Kier alpha value is -2.33. The number of esters is 1. The van der Waals surface area contributed by atoms with Crippen molar-refractivity contribution in [2.75, 3.05) is 26.4 Å². The van der Waals surface area contributed by atoms with Gasteiger partial charge in [0, 0.05) is 11.5 Å². The molecule has 2 rings (SSSR count). The fourth-order valence-corrected chi connectivity index (χ4v) is 2.11. The van der Waals surface area contributed by atoms with E-state index in [1.165, 1.54) is 0 Å². The predicted molar refractivity (Wildman–Crippen MR) is 86.2 cm³/mol. The molecule has 2 aromatic rings. The Morgan fingerprint density at radius 3 is 2.68 bits per heavy atom. The van der Waals surface area contributed by atoms with Crippen LogP contribution >= 0.6 is 0 Å². The molecule has 0 bridgehead atoms. The van der Waals surface area contributed by atoms with Gasteiger partial charge >= 0.3 is 5.97 Å². The van der Waals surface area contributed by atoms with E-state index in [1.807, 2.05) is 31.2 Å². The number of fused-ring (bicyclic) bond motifs is 1. The molecule has 0 unspecified atom stereocenters. The summed E-state index contributed by atoms with van der Waals surface area (Å²) in [5.74, 6) is 0.450. The van der Waals surface area contributed by atoms with Crippen molar-refractivity contribution in [2.45, 2.75) is 6.92 Å². The summed E-state index contributed by atoms with van der Waals surface area (Å²) in [5.41, 5.74) is 1.10. The van der Waals surface area contributed by atoms with Gasteiger partial charge < -0.3 is 14.2 Å². The highest BCUT2D eigenvalue weighted by molar-refractivity contribution is 5.89. The molecule has 116 valence electrons. The Morgan fingerprint density at radius 1 is 1.09 bits per heavy atom. The zero-order valence-electron chi connectivity index (χ0n) is 12.7. The summed E-state index contributed by atoms with van der Waals surface area (Å²) in [6.07, 6.45) is 1.13. The van der Waals surface area contributed by atoms with E-state index in [0.29, 0.717) is 19.8 Å². The maximum atomic E-state index is 10.8. The second-order valence-corrected chi connectivity index (χ2v) is 4.77. The third-order valence-electron chi connectivity index (χ3n) is 3.19. The quantitative estimate of drug-likeness (QED) is 0.426. The van der Waals surface area contributed by atoms with Gasteiger partial charge in [-0.3, -0.25) is 0 Å². The maximum Gasteiger partial charge on any atom is 0.330 e. The van der Waals surface area contributed by atoms with E-state index in [0.717, 1.165) is 28.2 Å². The lowest BCUT2D eigenvalue weighted by atomic mass is 10.1. The molecule has 0 aromatic heterocycles. The molecule has 0 saturated carbocycles. The van der Waals surface area contributed by atoms with Crippen molar-refractivity contribution in [3.05, 3.63) is 54.6 Å². The van der Waals surface area contributed by atoms with Crippen LogP contribution in [0.15, 0.2) is 49.1 Å². The molecule has 22 heavy (non-hydrogen) atoms. The number of hydrogen-bond acceptors (Lipinski definition) is 4. The van der Waals surface area contributed by atoms with Crippen LogP contribution in [-0.2, 0) is 14.3 Å². The van der Waals surface area contributed by atoms with Gasteiger partial charge in [-0.15, -0.1) is 0 Å². The number of benzene rings is 2. The number of ether oxygens (including phenoxy) is 3. The van der Waals surface area contributed by atoms with Gasteiger partial charge in [0.05, 0.1) is 13.2 Å². The lowest BCUT2D eigenvalue weighted by Crippen LogP contribution is -2.12. The molecule has 0 heterocycles. The van der Waals surface area contributed by atoms with Crippen molar-refractivity contribution in [1.82, 2.24) is 0 Å². The first-order chi connectivity index (χ1) is 10.7. The van der Waals surface area contributed by atoms with Crippen LogP contribution in [0.2, 0.25) is 0 Å². The fraction of sp³-hybridized carbons (Fsp3) is 0.278. The largest absolute Gasteiger partial charge is 0.490 e. The van der Waals surface area contributed by atoms with Crippen LogP contribution in [-0.4, -0.2) is 32.4 Å². The summed E-state index contributed by atoms with van der Waals surface area (Å²) < 4.78 is 16.0. The Balaban J connectivity index is 1.79. The third-order valence-corrected chi connectivity index (χ3v) is 3.19. The number of carbonyl (C=O) groups is 1. The van der Waals surface area contributed by atoms with E-state index in [9.17, 15) is 4.79 Å². The van der Waals surface area contributed by atoms with Crippen molar-refractivity contribution in [3.63, 3.8) is 0 Å². The lowest BCUT2D eigenvalue weighted by Gasteiger charge is -2.12. The third kappa shape index (κ3) is 4.33. The summed E-state index contributed by atoms with van der Waals surface area (Å²) >= 11 is 0. The summed E-state index contributed by atoms with van der Waals surface area (Å²) in [7, 11) is 0. The zero-order chi connectivity index (χ0) is 15.8. The SMILES string of the molecule is C=CC(=O)OCCOCCOc1c(C)ccc2ccccc12. The minimum Gasteiger partial charge on any atom is -0.490 e. The van der Waals surface area contributed by atoms with Gasteiger partial charge in [-0.05, 0) is 17.9 Å². The molecule has 0 fully saturated rings. The van der Waals surface area contributed by atoms with Crippen molar-refractivity contribution in [2.24, 2.45) is 0 Å². The van der Waals surface area contributed by atoms with E-state index >= 15 is 0 Å². The molecule has 0 N–H and O–H groups in total. The molecule has 0 aliphatic carbocycles. The van der Waals surface area contributed by atoms with Gasteiger partial charge in [0.15, 0.2) is 0 Å². The molecule has 0 atom stereocenters. The van der Waals surface area contributed by atoms with Crippen LogP contribution < -0.4 is 4.74 Å². The van der Waals surface area contributed by atoms with Crippen LogP contribution in [0.5, 0.6) is 5.75 Å². The molecule has 0 spiro atoms. The zero-order valence-corrected chi connectivity index (χ0v) is 12.7. The molecule has 4 heteroatoms. The van der Waals surface area contributed by atoms with E-state index in [4.69, 9.17) is 14.2 Å². The first kappa shape index (κ1) is 16.0. The van der Waals surface area contributed by atoms with Crippen LogP contribution in [0.3, 0.4) is 0 Å². The summed E-state index contributed by atoms with van der Waals surface area (Å²) in [4.78, 5) is 10.8. The maximum absolute atomic E-state index is 10.8. The number of aryl methyl sites for hydroxylation is 1. The lowest BCUT2D eigenvalue weighted by molar-refractivity contribution is -0.139. The summed E-state index contributed by atoms with van der Waals surface area (Å²) in [6, 6.07) is 12.3. The highest BCUT2D eigenvalue weighted by Crippen LogP contribution is 2.29. The highest BCUT2D eigenvalue weighted by Gasteiger charge is 2.05. The van der Waals surface area contributed by atoms with Crippen molar-refractivity contribution < 1.29 is 19.0 Å². The molecular weight excluding hydrogens is 280 g/mol. The summed E-state index contributed by atoms with van der Waals surface area (Å²) in [6.45, 7) is 6.80. The van der Waals surface area contributed by atoms with E-state index in [2.05, 4.69) is 18.7 Å². The monoisotopic (exact) mass is 300 g/mol. The van der Waals surface area contributed by atoms with Gasteiger partial charge in [0.25, 0.3) is 0 Å². The Labute approximate surface area is 130 Å². The number of carbonyl (C=O) groups excluding carboxylic acids is 1. The smallest absolute Gasteiger partial charge is 0.330 e. The molecular formula is C18H20O4. The minimum atomic E-state index is -0.439. The number of hydrogen-bond donors (Lipinski definition) is 0. The first-order valence-electron chi connectivity index (χ1n) is 7.20. The molecule has 2 aromatic carbocycles. The van der Waals surface area contributed by atoms with E-state index in [1.54, 1.807) is 0 Å². The first-order valence-corrected chi connectivity index (χ1v) is 7.20. The van der Waals surface area contributed by atoms with Gasteiger partial charge in [0.1, 0.15) is 19.0 Å².